The van der Waals surface area contributed by atoms with E-state index in [1.54, 1.807) is 0 Å². The molecule has 0 radical (unpaired) electrons. The molecule has 1 aliphatic rings. The summed E-state index contributed by atoms with van der Waals surface area (Å²) in [5.74, 6) is 1.16. The zero-order valence-corrected chi connectivity index (χ0v) is 11.6. The molecule has 0 bridgehead atoms. The second-order valence-corrected chi connectivity index (χ2v) is 5.23. The van der Waals surface area contributed by atoms with E-state index < -0.39 is 0 Å². The molecule has 1 saturated heterocycles. The highest BCUT2D eigenvalue weighted by molar-refractivity contribution is 9.09. The van der Waals surface area contributed by atoms with Crippen LogP contribution in [0.3, 0.4) is 0 Å². The minimum Gasteiger partial charge on any atom is -0.441 e. The first-order valence-electron chi connectivity index (χ1n) is 5.91. The van der Waals surface area contributed by atoms with Crippen molar-refractivity contribution in [2.75, 3.05) is 16.8 Å². The lowest BCUT2D eigenvalue weighted by atomic mass is 10.2. The quantitative estimate of drug-likeness (QED) is 0.801. The Labute approximate surface area is 113 Å². The van der Waals surface area contributed by atoms with Crippen LogP contribution in [0.4, 0.5) is 5.69 Å². The Hall–Kier alpha value is -1.36. The van der Waals surface area contributed by atoms with Gasteiger partial charge in [0.05, 0.1) is 5.69 Å². The third kappa shape index (κ3) is 1.82. The largest absolute Gasteiger partial charge is 0.441 e. The molecule has 1 aromatic heterocycles. The van der Waals surface area contributed by atoms with Gasteiger partial charge in [-0.25, -0.2) is 4.98 Å². The summed E-state index contributed by atoms with van der Waals surface area (Å²) in [5, 5.41) is 0.850. The van der Waals surface area contributed by atoms with Gasteiger partial charge in [0.2, 0.25) is 5.91 Å². The van der Waals surface area contributed by atoms with Crippen LogP contribution in [-0.2, 0) is 4.79 Å². The average Bonchev–Trinajstić information content (AvgIpc) is 2.90. The van der Waals surface area contributed by atoms with E-state index in [4.69, 9.17) is 4.42 Å². The predicted molar refractivity (Wildman–Crippen MR) is 73.0 cm³/mol. The minimum atomic E-state index is 0.160. The summed E-state index contributed by atoms with van der Waals surface area (Å²) in [6.07, 6.45) is 0.596. The van der Waals surface area contributed by atoms with Gasteiger partial charge >= 0.3 is 0 Å². The number of benzene rings is 1. The van der Waals surface area contributed by atoms with Gasteiger partial charge in [-0.1, -0.05) is 22.0 Å². The SMILES string of the molecule is Cc1nc2c(N3CC(CBr)CC3=O)cccc2o1. The third-order valence-electron chi connectivity index (χ3n) is 3.22. The number of para-hydroxylation sites is 1. The smallest absolute Gasteiger partial charge is 0.227 e. The first kappa shape index (κ1) is 11.7. The molecule has 1 amide bonds. The molecule has 5 heteroatoms. The van der Waals surface area contributed by atoms with E-state index in [0.717, 1.165) is 28.7 Å². The van der Waals surface area contributed by atoms with E-state index in [2.05, 4.69) is 20.9 Å². The number of amides is 1. The molecule has 1 aliphatic heterocycles. The van der Waals surface area contributed by atoms with Crippen molar-refractivity contribution in [1.29, 1.82) is 0 Å². The summed E-state index contributed by atoms with van der Waals surface area (Å²) >= 11 is 3.44. The normalized spacial score (nSPS) is 20.0. The number of rotatable bonds is 2. The molecule has 2 heterocycles. The van der Waals surface area contributed by atoms with Crippen molar-refractivity contribution >= 4 is 38.6 Å². The Bertz CT molecular complexity index is 608. The lowest BCUT2D eigenvalue weighted by Crippen LogP contribution is -2.24. The van der Waals surface area contributed by atoms with Crippen LogP contribution in [0.15, 0.2) is 22.6 Å². The molecule has 1 atom stereocenters. The maximum absolute atomic E-state index is 12.0. The fourth-order valence-corrected chi connectivity index (χ4v) is 2.81. The number of aromatic nitrogens is 1. The molecule has 0 aliphatic carbocycles. The molecule has 1 unspecified atom stereocenters. The Balaban J connectivity index is 2.06. The van der Waals surface area contributed by atoms with E-state index in [0.29, 0.717) is 18.2 Å². The fraction of sp³-hybridized carbons (Fsp3) is 0.385. The van der Waals surface area contributed by atoms with Gasteiger partial charge in [-0.05, 0) is 18.1 Å². The minimum absolute atomic E-state index is 0.160. The van der Waals surface area contributed by atoms with Crippen molar-refractivity contribution in [2.24, 2.45) is 5.92 Å². The molecule has 18 heavy (non-hydrogen) atoms. The van der Waals surface area contributed by atoms with Gasteiger partial charge in [0, 0.05) is 25.2 Å². The highest BCUT2D eigenvalue weighted by atomic mass is 79.9. The summed E-state index contributed by atoms with van der Waals surface area (Å²) in [5.41, 5.74) is 2.37. The van der Waals surface area contributed by atoms with E-state index >= 15 is 0 Å². The van der Waals surface area contributed by atoms with Crippen molar-refractivity contribution in [3.05, 3.63) is 24.1 Å². The molecule has 0 N–H and O–H groups in total. The maximum atomic E-state index is 12.0. The first-order chi connectivity index (χ1) is 8.69. The lowest BCUT2D eigenvalue weighted by Gasteiger charge is -2.16. The molecule has 94 valence electrons. The Kier molecular flexibility index (Phi) is 2.86. The molecule has 1 fully saturated rings. The molecule has 1 aromatic carbocycles. The number of oxazole rings is 1. The summed E-state index contributed by atoms with van der Waals surface area (Å²) in [6, 6.07) is 5.71. The maximum Gasteiger partial charge on any atom is 0.227 e. The number of anilines is 1. The second-order valence-electron chi connectivity index (χ2n) is 4.59. The van der Waals surface area contributed by atoms with E-state index in [9.17, 15) is 4.79 Å². The summed E-state index contributed by atoms with van der Waals surface area (Å²) in [7, 11) is 0. The van der Waals surface area contributed by atoms with Crippen LogP contribution < -0.4 is 4.90 Å². The number of alkyl halides is 1. The highest BCUT2D eigenvalue weighted by Gasteiger charge is 2.31. The molecule has 4 nitrogen and oxygen atoms in total. The first-order valence-corrected chi connectivity index (χ1v) is 7.03. The van der Waals surface area contributed by atoms with Crippen molar-refractivity contribution in [3.8, 4) is 0 Å². The number of hydrogen-bond donors (Lipinski definition) is 0. The second kappa shape index (κ2) is 4.39. The average molecular weight is 309 g/mol. The zero-order chi connectivity index (χ0) is 12.7. The van der Waals surface area contributed by atoms with Crippen LogP contribution in [0.25, 0.3) is 11.1 Å². The lowest BCUT2D eigenvalue weighted by molar-refractivity contribution is -0.117. The molecule has 3 rings (SSSR count). The third-order valence-corrected chi connectivity index (χ3v) is 4.13. The highest BCUT2D eigenvalue weighted by Crippen LogP contribution is 2.31. The fourth-order valence-electron chi connectivity index (χ4n) is 2.38. The number of aryl methyl sites for hydroxylation is 1. The van der Waals surface area contributed by atoms with Crippen LogP contribution in [-0.4, -0.2) is 22.8 Å². The summed E-state index contributed by atoms with van der Waals surface area (Å²) in [6.45, 7) is 2.56. The van der Waals surface area contributed by atoms with Crippen LogP contribution >= 0.6 is 15.9 Å². The van der Waals surface area contributed by atoms with Gasteiger partial charge in [0.15, 0.2) is 11.5 Å². The number of hydrogen-bond acceptors (Lipinski definition) is 3. The number of carbonyl (C=O) groups excluding carboxylic acids is 1. The molecule has 0 saturated carbocycles. The Morgan fingerprint density at radius 2 is 2.39 bits per heavy atom. The Morgan fingerprint density at radius 1 is 1.56 bits per heavy atom. The summed E-state index contributed by atoms with van der Waals surface area (Å²) in [4.78, 5) is 18.2. The van der Waals surface area contributed by atoms with Gasteiger partial charge in [0.1, 0.15) is 5.52 Å². The molecular formula is C13H13BrN2O2. The van der Waals surface area contributed by atoms with Gasteiger partial charge < -0.3 is 9.32 Å². The van der Waals surface area contributed by atoms with Crippen LogP contribution in [0, 0.1) is 12.8 Å². The standard InChI is InChI=1S/C13H13BrN2O2/c1-8-15-13-10(3-2-4-11(13)18-8)16-7-9(6-14)5-12(16)17/h2-4,9H,5-7H2,1H3. The van der Waals surface area contributed by atoms with Crippen molar-refractivity contribution in [2.45, 2.75) is 13.3 Å². The number of halogens is 1. The van der Waals surface area contributed by atoms with E-state index in [-0.39, 0.29) is 5.91 Å². The number of carbonyl (C=O) groups is 1. The summed E-state index contributed by atoms with van der Waals surface area (Å²) < 4.78 is 5.50. The van der Waals surface area contributed by atoms with Crippen molar-refractivity contribution in [1.82, 2.24) is 4.98 Å². The van der Waals surface area contributed by atoms with Gasteiger partial charge in [-0.3, -0.25) is 4.79 Å². The monoisotopic (exact) mass is 308 g/mol. The van der Waals surface area contributed by atoms with Gasteiger partial charge in [-0.2, -0.15) is 0 Å². The predicted octanol–water partition coefficient (Wildman–Crippen LogP) is 2.88. The number of fused-ring (bicyclic) bond motifs is 1. The van der Waals surface area contributed by atoms with E-state index in [1.807, 2.05) is 30.0 Å². The van der Waals surface area contributed by atoms with Crippen LogP contribution in [0.1, 0.15) is 12.3 Å². The molecule has 0 spiro atoms. The zero-order valence-electron chi connectivity index (χ0n) is 10.0. The number of nitrogens with zero attached hydrogens (tertiary/aromatic N) is 2. The van der Waals surface area contributed by atoms with Gasteiger partial charge in [0.25, 0.3) is 0 Å². The molecular weight excluding hydrogens is 296 g/mol. The van der Waals surface area contributed by atoms with Crippen LogP contribution in [0.2, 0.25) is 0 Å². The molecule has 2 aromatic rings. The Morgan fingerprint density at radius 3 is 3.11 bits per heavy atom. The topological polar surface area (TPSA) is 46.3 Å². The van der Waals surface area contributed by atoms with Gasteiger partial charge in [-0.15, -0.1) is 0 Å². The van der Waals surface area contributed by atoms with Crippen molar-refractivity contribution < 1.29 is 9.21 Å². The van der Waals surface area contributed by atoms with E-state index in [1.165, 1.54) is 0 Å². The van der Waals surface area contributed by atoms with Crippen LogP contribution in [0.5, 0.6) is 0 Å². The van der Waals surface area contributed by atoms with Crippen molar-refractivity contribution in [3.63, 3.8) is 0 Å².